The molecule has 0 aromatic carbocycles. The van der Waals surface area contributed by atoms with Gasteiger partial charge in [-0.15, -0.1) is 12.4 Å². The molecule has 7 heteroatoms. The van der Waals surface area contributed by atoms with Crippen molar-refractivity contribution in [3.05, 3.63) is 0 Å². The van der Waals surface area contributed by atoms with E-state index in [9.17, 15) is 0 Å². The summed E-state index contributed by atoms with van der Waals surface area (Å²) in [6.45, 7) is 2.23. The summed E-state index contributed by atoms with van der Waals surface area (Å²) >= 11 is 0. The third kappa shape index (κ3) is 47.7. The minimum absolute atomic E-state index is 0. The minimum Gasteiger partial charge on any atom is -1.00 e. The third-order valence-electron chi connectivity index (χ3n) is 1.54. The van der Waals surface area contributed by atoms with E-state index >= 15 is 0 Å². The second kappa shape index (κ2) is 14.8. The highest BCUT2D eigenvalue weighted by molar-refractivity contribution is 5.85. The van der Waals surface area contributed by atoms with Gasteiger partial charge < -0.3 is 44.0 Å². The number of hydrogen-bond acceptors (Lipinski definition) is 2. The lowest BCUT2D eigenvalue weighted by atomic mass is 10.5. The zero-order valence-corrected chi connectivity index (χ0v) is 14.1. The van der Waals surface area contributed by atoms with Crippen molar-refractivity contribution >= 4 is 12.4 Å². The summed E-state index contributed by atoms with van der Waals surface area (Å²) < 4.78 is 1.69. The van der Waals surface area contributed by atoms with Gasteiger partial charge in [-0.05, 0) is 0 Å². The first kappa shape index (κ1) is 30.6. The predicted octanol–water partition coefficient (Wildman–Crippen LogP) is -6.20. The molecule has 0 amide bonds. The Morgan fingerprint density at radius 2 is 0.824 bits per heavy atom. The highest BCUT2D eigenvalue weighted by atomic mass is 35.5. The molecule has 4 nitrogen and oxygen atoms in total. The molecule has 0 unspecified atom stereocenters. The van der Waals surface area contributed by atoms with Crippen LogP contribution in [0, 0.1) is 0 Å². The first-order chi connectivity index (χ1) is 6.12. The minimum atomic E-state index is 0. The van der Waals surface area contributed by atoms with Crippen molar-refractivity contribution in [3.8, 4) is 0 Å². The van der Waals surface area contributed by atoms with Crippen LogP contribution in [0.5, 0.6) is 0 Å². The Morgan fingerprint density at radius 1 is 0.647 bits per heavy atom. The van der Waals surface area contributed by atoms with Gasteiger partial charge in [0.05, 0.1) is 55.5 Å². The fourth-order valence-corrected chi connectivity index (χ4v) is 0.600. The molecule has 0 aromatic rings. The first-order valence-electron chi connectivity index (χ1n) is 4.95. The Hall–Kier alpha value is 0.710. The standard InChI is InChI=1S/2C5H14NO.3ClH/c2*1-6(2,3)4-5-7;;;/h2*7H,4-5H2,1-3H3;3*1H/q2*+1;;;/p-2. The average Bonchev–Trinajstić information content (AvgIpc) is 1.81. The monoisotopic (exact) mass is 314 g/mol. The molecule has 0 radical (unpaired) electrons. The van der Waals surface area contributed by atoms with Gasteiger partial charge in [-0.2, -0.15) is 0 Å². The molecule has 0 bridgehead atoms. The quantitative estimate of drug-likeness (QED) is 0.507. The van der Waals surface area contributed by atoms with Crippen LogP contribution in [-0.4, -0.2) is 87.8 Å². The van der Waals surface area contributed by atoms with Crippen LogP contribution in [0.15, 0.2) is 0 Å². The summed E-state index contributed by atoms with van der Waals surface area (Å²) in [4.78, 5) is 0. The number of likely N-dealkylation sites (N-methyl/N-ethyl adjacent to an activating group) is 2. The van der Waals surface area contributed by atoms with Crippen LogP contribution >= 0.6 is 12.4 Å². The Kier molecular flexibility index (Phi) is 26.6. The maximum Gasteiger partial charge on any atom is 0.101 e. The summed E-state index contributed by atoms with van der Waals surface area (Å²) in [7, 11) is 12.3. The van der Waals surface area contributed by atoms with Gasteiger partial charge in [-0.3, -0.25) is 0 Å². The van der Waals surface area contributed by atoms with E-state index in [0.29, 0.717) is 0 Å². The molecule has 0 aliphatic heterocycles. The van der Waals surface area contributed by atoms with E-state index in [1.165, 1.54) is 0 Å². The molecule has 112 valence electrons. The van der Waals surface area contributed by atoms with Gasteiger partial charge in [0.1, 0.15) is 13.1 Å². The molecule has 0 saturated heterocycles. The topological polar surface area (TPSA) is 40.5 Å². The van der Waals surface area contributed by atoms with E-state index in [2.05, 4.69) is 42.3 Å². The van der Waals surface area contributed by atoms with Gasteiger partial charge in [0.2, 0.25) is 0 Å². The zero-order valence-electron chi connectivity index (χ0n) is 11.8. The third-order valence-corrected chi connectivity index (χ3v) is 1.54. The summed E-state index contributed by atoms with van der Waals surface area (Å²) in [5.41, 5.74) is 0. The molecule has 2 N–H and O–H groups in total. The van der Waals surface area contributed by atoms with E-state index in [-0.39, 0.29) is 50.4 Å². The summed E-state index contributed by atoms with van der Waals surface area (Å²) in [6, 6.07) is 0. The number of rotatable bonds is 4. The molecular formula is C10H29Cl3N2O2. The van der Waals surface area contributed by atoms with Gasteiger partial charge in [-0.1, -0.05) is 0 Å². The van der Waals surface area contributed by atoms with Crippen LogP contribution in [0.25, 0.3) is 0 Å². The number of aliphatic hydroxyl groups is 2. The molecule has 17 heavy (non-hydrogen) atoms. The van der Waals surface area contributed by atoms with Crippen LogP contribution in [0.2, 0.25) is 0 Å². The van der Waals surface area contributed by atoms with E-state index < -0.39 is 0 Å². The van der Waals surface area contributed by atoms with Crippen LogP contribution in [-0.2, 0) is 0 Å². The number of aliphatic hydroxyl groups excluding tert-OH is 2. The number of hydrogen-bond donors (Lipinski definition) is 2. The number of nitrogens with zero attached hydrogens (tertiary/aromatic N) is 2. The van der Waals surface area contributed by atoms with Crippen molar-refractivity contribution in [2.45, 2.75) is 0 Å². The van der Waals surface area contributed by atoms with Gasteiger partial charge in [0.15, 0.2) is 0 Å². The molecule has 0 fully saturated rings. The second-order valence-electron chi connectivity index (χ2n) is 5.48. The molecule has 0 spiro atoms. The Bertz CT molecular complexity index is 120. The predicted molar refractivity (Wildman–Crippen MR) is 67.2 cm³/mol. The lowest BCUT2D eigenvalue weighted by Crippen LogP contribution is -3.00. The van der Waals surface area contributed by atoms with E-state index in [4.69, 9.17) is 10.2 Å². The van der Waals surface area contributed by atoms with Crippen LogP contribution in [0.3, 0.4) is 0 Å². The Labute approximate surface area is 125 Å². The lowest BCUT2D eigenvalue weighted by molar-refractivity contribution is -0.870. The van der Waals surface area contributed by atoms with Gasteiger partial charge in [0, 0.05) is 0 Å². The van der Waals surface area contributed by atoms with E-state index in [1.54, 1.807) is 0 Å². The van der Waals surface area contributed by atoms with Crippen molar-refractivity contribution in [1.82, 2.24) is 0 Å². The number of halogens is 3. The Morgan fingerprint density at radius 3 is 0.824 bits per heavy atom. The second-order valence-corrected chi connectivity index (χ2v) is 5.48. The highest BCUT2D eigenvalue weighted by Gasteiger charge is 2.02. The van der Waals surface area contributed by atoms with Crippen LogP contribution < -0.4 is 24.8 Å². The van der Waals surface area contributed by atoms with Crippen molar-refractivity contribution in [2.75, 3.05) is 68.6 Å². The molecule has 0 aliphatic carbocycles. The summed E-state index contributed by atoms with van der Waals surface area (Å²) in [6.07, 6.45) is 0. The van der Waals surface area contributed by atoms with Crippen molar-refractivity contribution in [1.29, 1.82) is 0 Å². The molecular weight excluding hydrogens is 286 g/mol. The molecule has 0 rings (SSSR count). The number of quaternary nitrogens is 2. The van der Waals surface area contributed by atoms with Crippen LogP contribution in [0.1, 0.15) is 0 Å². The molecule has 0 heterocycles. The van der Waals surface area contributed by atoms with Crippen molar-refractivity contribution < 1.29 is 44.0 Å². The smallest absolute Gasteiger partial charge is 0.101 e. The van der Waals surface area contributed by atoms with E-state index in [0.717, 1.165) is 22.1 Å². The highest BCUT2D eigenvalue weighted by Crippen LogP contribution is 1.85. The van der Waals surface area contributed by atoms with Gasteiger partial charge >= 0.3 is 0 Å². The fourth-order valence-electron chi connectivity index (χ4n) is 0.600. The fraction of sp³-hybridized carbons (Fsp3) is 1.00. The van der Waals surface area contributed by atoms with Crippen molar-refractivity contribution in [2.24, 2.45) is 0 Å². The zero-order chi connectivity index (χ0) is 11.8. The lowest BCUT2D eigenvalue weighted by Gasteiger charge is -2.21. The normalized spacial score (nSPS) is 9.88. The summed E-state index contributed by atoms with van der Waals surface area (Å²) in [5.74, 6) is 0. The van der Waals surface area contributed by atoms with Gasteiger partial charge in [0.25, 0.3) is 0 Å². The largest absolute Gasteiger partial charge is 1.00 e. The summed E-state index contributed by atoms with van der Waals surface area (Å²) in [5, 5.41) is 16.8. The van der Waals surface area contributed by atoms with E-state index in [1.807, 2.05) is 0 Å². The first-order valence-corrected chi connectivity index (χ1v) is 4.95. The molecule has 0 aliphatic rings. The maximum atomic E-state index is 8.39. The Balaban J connectivity index is -0.0000000480. The van der Waals surface area contributed by atoms with Crippen LogP contribution in [0.4, 0.5) is 0 Å². The molecule has 0 atom stereocenters. The molecule has 0 saturated carbocycles. The average molecular weight is 316 g/mol. The van der Waals surface area contributed by atoms with Crippen molar-refractivity contribution in [3.63, 3.8) is 0 Å². The maximum absolute atomic E-state index is 8.39. The van der Waals surface area contributed by atoms with Gasteiger partial charge in [-0.25, -0.2) is 0 Å². The molecule has 0 aromatic heterocycles. The SMILES string of the molecule is C[N+](C)(C)CCO.C[N+](C)(C)CCO.Cl.[Cl-].[Cl-].